The molecule has 0 bridgehead atoms. The predicted molar refractivity (Wildman–Crippen MR) is 60.0 cm³/mol. The SMILES string of the molecule is CCOc1ncccc1C(=O)NC(C)C(=O)O. The molecule has 1 aromatic heterocycles. The molecule has 0 aromatic carbocycles. The monoisotopic (exact) mass is 238 g/mol. The van der Waals surface area contributed by atoms with Crippen LogP contribution in [0.1, 0.15) is 24.2 Å². The van der Waals surface area contributed by atoms with E-state index in [1.54, 1.807) is 13.0 Å². The molecule has 1 heterocycles. The van der Waals surface area contributed by atoms with E-state index in [0.29, 0.717) is 6.61 Å². The number of aliphatic carboxylic acids is 1. The zero-order valence-electron chi connectivity index (χ0n) is 9.64. The molecular formula is C11H14N2O4. The van der Waals surface area contributed by atoms with Crippen molar-refractivity contribution < 1.29 is 19.4 Å². The second-order valence-electron chi connectivity index (χ2n) is 3.32. The van der Waals surface area contributed by atoms with Gasteiger partial charge in [-0.2, -0.15) is 0 Å². The highest BCUT2D eigenvalue weighted by atomic mass is 16.5. The number of carbonyl (C=O) groups is 2. The summed E-state index contributed by atoms with van der Waals surface area (Å²) >= 11 is 0. The molecule has 17 heavy (non-hydrogen) atoms. The highest BCUT2D eigenvalue weighted by Gasteiger charge is 2.18. The van der Waals surface area contributed by atoms with Crippen LogP contribution < -0.4 is 10.1 Å². The molecule has 1 rings (SSSR count). The normalized spacial score (nSPS) is 11.6. The van der Waals surface area contributed by atoms with Gasteiger partial charge in [0.25, 0.3) is 5.91 Å². The third-order valence-corrected chi connectivity index (χ3v) is 2.01. The standard InChI is InChI=1S/C11H14N2O4/c1-3-17-10-8(5-4-6-12-10)9(14)13-7(2)11(15)16/h4-7H,3H2,1-2H3,(H,13,14)(H,15,16). The van der Waals surface area contributed by atoms with Crippen molar-refractivity contribution in [2.75, 3.05) is 6.61 Å². The van der Waals surface area contributed by atoms with Crippen molar-refractivity contribution in [2.24, 2.45) is 0 Å². The van der Waals surface area contributed by atoms with Gasteiger partial charge in [0.1, 0.15) is 11.6 Å². The Kier molecular flexibility index (Phi) is 4.45. The minimum atomic E-state index is -1.10. The molecule has 0 aliphatic heterocycles. The number of rotatable bonds is 5. The number of hydrogen-bond donors (Lipinski definition) is 2. The topological polar surface area (TPSA) is 88.5 Å². The smallest absolute Gasteiger partial charge is 0.325 e. The lowest BCUT2D eigenvalue weighted by molar-refractivity contribution is -0.138. The van der Waals surface area contributed by atoms with E-state index in [1.807, 2.05) is 0 Å². The summed E-state index contributed by atoms with van der Waals surface area (Å²) < 4.78 is 5.18. The number of nitrogens with zero attached hydrogens (tertiary/aromatic N) is 1. The van der Waals surface area contributed by atoms with Crippen LogP contribution in [0.25, 0.3) is 0 Å². The minimum Gasteiger partial charge on any atom is -0.480 e. The van der Waals surface area contributed by atoms with Crippen molar-refractivity contribution in [1.82, 2.24) is 10.3 Å². The fraction of sp³-hybridized carbons (Fsp3) is 0.364. The van der Waals surface area contributed by atoms with Gasteiger partial charge in [-0.3, -0.25) is 9.59 Å². The van der Waals surface area contributed by atoms with Crippen molar-refractivity contribution in [1.29, 1.82) is 0 Å². The first-order valence-electron chi connectivity index (χ1n) is 5.17. The number of amides is 1. The van der Waals surface area contributed by atoms with E-state index in [-0.39, 0.29) is 11.4 Å². The van der Waals surface area contributed by atoms with Crippen molar-refractivity contribution in [3.8, 4) is 5.88 Å². The third-order valence-electron chi connectivity index (χ3n) is 2.01. The van der Waals surface area contributed by atoms with Gasteiger partial charge in [0.2, 0.25) is 5.88 Å². The Labute approximate surface area is 98.6 Å². The molecule has 1 atom stereocenters. The largest absolute Gasteiger partial charge is 0.480 e. The summed E-state index contributed by atoms with van der Waals surface area (Å²) in [5.41, 5.74) is 0.224. The van der Waals surface area contributed by atoms with Gasteiger partial charge in [-0.25, -0.2) is 4.98 Å². The number of carboxylic acid groups (broad SMARTS) is 1. The van der Waals surface area contributed by atoms with Crippen LogP contribution in [0.15, 0.2) is 18.3 Å². The number of hydrogen-bond acceptors (Lipinski definition) is 4. The number of pyridine rings is 1. The van der Waals surface area contributed by atoms with Gasteiger partial charge in [0, 0.05) is 6.20 Å². The summed E-state index contributed by atoms with van der Waals surface area (Å²) in [6.07, 6.45) is 1.50. The molecule has 0 saturated carbocycles. The molecule has 0 saturated heterocycles. The second kappa shape index (κ2) is 5.83. The van der Waals surface area contributed by atoms with Gasteiger partial charge in [-0.1, -0.05) is 0 Å². The first-order chi connectivity index (χ1) is 8.06. The quantitative estimate of drug-likeness (QED) is 0.787. The Balaban J connectivity index is 2.84. The fourth-order valence-electron chi connectivity index (χ4n) is 1.15. The lowest BCUT2D eigenvalue weighted by atomic mass is 10.2. The molecule has 0 spiro atoms. The van der Waals surface area contributed by atoms with E-state index >= 15 is 0 Å². The van der Waals surface area contributed by atoms with Crippen molar-refractivity contribution in [3.05, 3.63) is 23.9 Å². The van der Waals surface area contributed by atoms with Crippen LogP contribution in [0.2, 0.25) is 0 Å². The highest BCUT2D eigenvalue weighted by Crippen LogP contribution is 2.14. The van der Waals surface area contributed by atoms with Gasteiger partial charge < -0.3 is 15.2 Å². The fourth-order valence-corrected chi connectivity index (χ4v) is 1.15. The van der Waals surface area contributed by atoms with E-state index in [9.17, 15) is 9.59 Å². The Bertz CT molecular complexity index is 420. The molecule has 1 aromatic rings. The summed E-state index contributed by atoms with van der Waals surface area (Å²) in [6, 6.07) is 2.15. The minimum absolute atomic E-state index is 0.199. The van der Waals surface area contributed by atoms with E-state index in [1.165, 1.54) is 19.2 Å². The molecule has 2 N–H and O–H groups in total. The first-order valence-corrected chi connectivity index (χ1v) is 5.17. The zero-order valence-corrected chi connectivity index (χ0v) is 9.64. The predicted octanol–water partition coefficient (Wildman–Crippen LogP) is 0.683. The van der Waals surface area contributed by atoms with Crippen LogP contribution in [0.5, 0.6) is 5.88 Å². The summed E-state index contributed by atoms with van der Waals surface area (Å²) in [7, 11) is 0. The van der Waals surface area contributed by atoms with Crippen LogP contribution in [0.3, 0.4) is 0 Å². The third kappa shape index (κ3) is 3.44. The summed E-state index contributed by atoms with van der Waals surface area (Å²) in [5.74, 6) is -1.42. The maximum atomic E-state index is 11.8. The van der Waals surface area contributed by atoms with Crippen LogP contribution in [-0.2, 0) is 4.79 Å². The maximum absolute atomic E-state index is 11.8. The molecule has 6 heteroatoms. The van der Waals surface area contributed by atoms with Crippen LogP contribution in [0.4, 0.5) is 0 Å². The van der Waals surface area contributed by atoms with E-state index in [2.05, 4.69) is 10.3 Å². The molecule has 6 nitrogen and oxygen atoms in total. The lowest BCUT2D eigenvalue weighted by Gasteiger charge is -2.11. The molecule has 0 aliphatic carbocycles. The van der Waals surface area contributed by atoms with Gasteiger partial charge in [0.15, 0.2) is 0 Å². The Morgan fingerprint density at radius 2 is 2.29 bits per heavy atom. The number of nitrogens with one attached hydrogen (secondary N) is 1. The molecule has 0 radical (unpaired) electrons. The van der Waals surface area contributed by atoms with Gasteiger partial charge >= 0.3 is 5.97 Å². The van der Waals surface area contributed by atoms with Crippen LogP contribution in [-0.4, -0.2) is 34.6 Å². The van der Waals surface area contributed by atoms with E-state index in [4.69, 9.17) is 9.84 Å². The van der Waals surface area contributed by atoms with Crippen LogP contribution in [0, 0.1) is 0 Å². The number of carbonyl (C=O) groups excluding carboxylic acids is 1. The summed E-state index contributed by atoms with van der Waals surface area (Å²) in [5, 5.41) is 11.0. The highest BCUT2D eigenvalue weighted by molar-refractivity contribution is 5.98. The summed E-state index contributed by atoms with van der Waals surface area (Å²) in [6.45, 7) is 3.54. The van der Waals surface area contributed by atoms with E-state index < -0.39 is 17.9 Å². The number of aromatic nitrogens is 1. The molecule has 1 amide bonds. The molecule has 92 valence electrons. The van der Waals surface area contributed by atoms with Crippen molar-refractivity contribution in [3.63, 3.8) is 0 Å². The summed E-state index contributed by atoms with van der Waals surface area (Å²) in [4.78, 5) is 26.3. The number of carboxylic acids is 1. The number of ether oxygens (including phenoxy) is 1. The average Bonchev–Trinajstić information content (AvgIpc) is 2.29. The van der Waals surface area contributed by atoms with Crippen molar-refractivity contribution in [2.45, 2.75) is 19.9 Å². The zero-order chi connectivity index (χ0) is 12.8. The lowest BCUT2D eigenvalue weighted by Crippen LogP contribution is -2.38. The Hall–Kier alpha value is -2.11. The molecular weight excluding hydrogens is 224 g/mol. The molecule has 0 fully saturated rings. The van der Waals surface area contributed by atoms with Gasteiger partial charge in [-0.05, 0) is 26.0 Å². The van der Waals surface area contributed by atoms with Gasteiger partial charge in [-0.15, -0.1) is 0 Å². The van der Waals surface area contributed by atoms with Gasteiger partial charge in [0.05, 0.1) is 6.61 Å². The molecule has 0 aliphatic rings. The maximum Gasteiger partial charge on any atom is 0.325 e. The Morgan fingerprint density at radius 1 is 1.59 bits per heavy atom. The first kappa shape index (κ1) is 13.0. The molecule has 1 unspecified atom stereocenters. The van der Waals surface area contributed by atoms with Crippen molar-refractivity contribution >= 4 is 11.9 Å². The Morgan fingerprint density at radius 3 is 2.88 bits per heavy atom. The second-order valence-corrected chi connectivity index (χ2v) is 3.32. The average molecular weight is 238 g/mol. The van der Waals surface area contributed by atoms with E-state index in [0.717, 1.165) is 0 Å². The van der Waals surface area contributed by atoms with Crippen LogP contribution >= 0.6 is 0 Å².